The summed E-state index contributed by atoms with van der Waals surface area (Å²) in [7, 11) is 0. The van der Waals surface area contributed by atoms with Crippen molar-refractivity contribution < 1.29 is 22.7 Å². The van der Waals surface area contributed by atoms with Gasteiger partial charge in [0.05, 0.1) is 0 Å². The summed E-state index contributed by atoms with van der Waals surface area (Å²) < 4.78 is 49.5. The molecule has 1 aromatic rings. The van der Waals surface area contributed by atoms with Crippen LogP contribution in [0.25, 0.3) is 0 Å². The molecule has 5 heteroatoms. The van der Waals surface area contributed by atoms with E-state index in [1.165, 1.54) is 0 Å². The molecule has 1 rings (SSSR count). The molecule has 0 atom stereocenters. The fraction of sp³-hybridized carbons (Fsp3) is 0.143. The number of phenols is 1. The summed E-state index contributed by atoms with van der Waals surface area (Å²) in [5, 5.41) is 8.67. The van der Waals surface area contributed by atoms with Gasteiger partial charge in [-0.15, -0.1) is 0 Å². The summed E-state index contributed by atoms with van der Waals surface area (Å²) in [5.74, 6) is -8.47. The zero-order valence-electron chi connectivity index (χ0n) is 5.96. The molecule has 0 aliphatic heterocycles. The number of hydrogen-bond donors (Lipinski definition) is 1. The third-order valence-electron chi connectivity index (χ3n) is 1.47. The second-order valence-corrected chi connectivity index (χ2v) is 2.23. The number of benzene rings is 1. The van der Waals surface area contributed by atoms with Crippen molar-refractivity contribution >= 4 is 0 Å². The van der Waals surface area contributed by atoms with Crippen molar-refractivity contribution in [2.75, 3.05) is 0 Å². The van der Waals surface area contributed by atoms with Crippen LogP contribution in [-0.2, 0) is 0 Å². The monoisotopic (exact) mass is 180 g/mol. The first-order chi connectivity index (χ1) is 5.46. The lowest BCUT2D eigenvalue weighted by atomic mass is 10.2. The summed E-state index contributed by atoms with van der Waals surface area (Å²) in [5.41, 5.74) is -0.647. The maximum Gasteiger partial charge on any atom is 0.203 e. The fourth-order valence-electron chi connectivity index (χ4n) is 0.730. The van der Waals surface area contributed by atoms with Crippen LogP contribution in [0.5, 0.6) is 5.75 Å². The van der Waals surface area contributed by atoms with Gasteiger partial charge in [0.15, 0.2) is 17.4 Å². The van der Waals surface area contributed by atoms with E-state index in [4.69, 9.17) is 5.11 Å². The van der Waals surface area contributed by atoms with Gasteiger partial charge < -0.3 is 5.11 Å². The van der Waals surface area contributed by atoms with Crippen LogP contribution in [0.1, 0.15) is 5.56 Å². The molecule has 0 aliphatic rings. The molecule has 1 aromatic carbocycles. The van der Waals surface area contributed by atoms with Crippen LogP contribution in [0, 0.1) is 30.2 Å². The van der Waals surface area contributed by atoms with Crippen molar-refractivity contribution in [3.8, 4) is 5.75 Å². The average Bonchev–Trinajstić information content (AvgIpc) is 2.08. The molecule has 0 radical (unpaired) electrons. The van der Waals surface area contributed by atoms with Gasteiger partial charge in [0.1, 0.15) is 0 Å². The van der Waals surface area contributed by atoms with Crippen molar-refractivity contribution in [1.82, 2.24) is 0 Å². The van der Waals surface area contributed by atoms with E-state index in [0.29, 0.717) is 0 Å². The van der Waals surface area contributed by atoms with Crippen molar-refractivity contribution in [3.05, 3.63) is 28.8 Å². The highest BCUT2D eigenvalue weighted by molar-refractivity contribution is 5.35. The highest BCUT2D eigenvalue weighted by Crippen LogP contribution is 2.27. The van der Waals surface area contributed by atoms with Gasteiger partial charge in [-0.2, -0.15) is 4.39 Å². The van der Waals surface area contributed by atoms with E-state index in [2.05, 4.69) is 0 Å². The normalized spacial score (nSPS) is 10.4. The maximum atomic E-state index is 12.5. The molecule has 0 heterocycles. The van der Waals surface area contributed by atoms with E-state index in [9.17, 15) is 17.6 Å². The Labute approximate surface area is 65.3 Å². The summed E-state index contributed by atoms with van der Waals surface area (Å²) in [4.78, 5) is 0. The quantitative estimate of drug-likeness (QED) is 0.369. The van der Waals surface area contributed by atoms with Gasteiger partial charge in [0.2, 0.25) is 11.6 Å². The molecule has 0 bridgehead atoms. The van der Waals surface area contributed by atoms with E-state index in [0.717, 1.165) is 6.92 Å². The first-order valence-electron chi connectivity index (χ1n) is 2.98. The van der Waals surface area contributed by atoms with Gasteiger partial charge >= 0.3 is 0 Å². The third-order valence-corrected chi connectivity index (χ3v) is 1.47. The molecule has 0 saturated heterocycles. The Morgan fingerprint density at radius 3 is 1.75 bits per heavy atom. The molecular weight excluding hydrogens is 176 g/mol. The Morgan fingerprint density at radius 1 is 0.833 bits per heavy atom. The smallest absolute Gasteiger partial charge is 0.203 e. The Hall–Kier alpha value is -1.26. The molecular formula is C7H4F4O. The van der Waals surface area contributed by atoms with E-state index >= 15 is 0 Å². The second-order valence-electron chi connectivity index (χ2n) is 2.23. The minimum absolute atomic E-state index is 0.647. The molecule has 66 valence electrons. The maximum absolute atomic E-state index is 12.5. The summed E-state index contributed by atoms with van der Waals surface area (Å²) in [6.07, 6.45) is 0. The van der Waals surface area contributed by atoms with Gasteiger partial charge in [-0.25, -0.2) is 13.2 Å². The topological polar surface area (TPSA) is 20.2 Å². The lowest BCUT2D eigenvalue weighted by Crippen LogP contribution is -1.99. The van der Waals surface area contributed by atoms with Crippen molar-refractivity contribution in [2.24, 2.45) is 0 Å². The van der Waals surface area contributed by atoms with Gasteiger partial charge in [-0.3, -0.25) is 0 Å². The van der Waals surface area contributed by atoms with Crippen molar-refractivity contribution in [2.45, 2.75) is 6.92 Å². The standard InChI is InChI=1S/C7H4F4O/c1-2-3(8)4(9)5(10)6(11)7(2)12/h12H,1H3. The van der Waals surface area contributed by atoms with Crippen LogP contribution in [0.4, 0.5) is 17.6 Å². The van der Waals surface area contributed by atoms with E-state index in [-0.39, 0.29) is 0 Å². The number of aromatic hydroxyl groups is 1. The Kier molecular flexibility index (Phi) is 1.95. The van der Waals surface area contributed by atoms with Crippen molar-refractivity contribution in [1.29, 1.82) is 0 Å². The SMILES string of the molecule is Cc1c(O)c(F)c(F)c(F)c1F. The largest absolute Gasteiger partial charge is 0.504 e. The number of halogens is 4. The lowest BCUT2D eigenvalue weighted by Gasteiger charge is -2.03. The van der Waals surface area contributed by atoms with Crippen LogP contribution in [0.2, 0.25) is 0 Å². The fourth-order valence-corrected chi connectivity index (χ4v) is 0.730. The first kappa shape index (κ1) is 8.83. The molecule has 0 fully saturated rings. The van der Waals surface area contributed by atoms with Crippen LogP contribution in [0.15, 0.2) is 0 Å². The van der Waals surface area contributed by atoms with Gasteiger partial charge in [0.25, 0.3) is 0 Å². The van der Waals surface area contributed by atoms with E-state index < -0.39 is 34.6 Å². The summed E-state index contributed by atoms with van der Waals surface area (Å²) in [6.45, 7) is 0.941. The van der Waals surface area contributed by atoms with E-state index in [1.807, 2.05) is 0 Å². The molecule has 0 unspecified atom stereocenters. The predicted octanol–water partition coefficient (Wildman–Crippen LogP) is 2.26. The Balaban J connectivity index is 3.60. The van der Waals surface area contributed by atoms with Crippen molar-refractivity contribution in [3.63, 3.8) is 0 Å². The summed E-state index contributed by atoms with van der Waals surface area (Å²) >= 11 is 0. The van der Waals surface area contributed by atoms with E-state index in [1.54, 1.807) is 0 Å². The molecule has 0 amide bonds. The molecule has 0 aliphatic carbocycles. The van der Waals surface area contributed by atoms with Crippen LogP contribution in [-0.4, -0.2) is 5.11 Å². The zero-order valence-corrected chi connectivity index (χ0v) is 5.96. The predicted molar refractivity (Wildman–Crippen MR) is 32.7 cm³/mol. The highest BCUT2D eigenvalue weighted by atomic mass is 19.2. The Bertz CT molecular complexity index is 230. The Morgan fingerprint density at radius 2 is 1.25 bits per heavy atom. The van der Waals surface area contributed by atoms with Gasteiger partial charge in [-0.05, 0) is 6.92 Å². The highest BCUT2D eigenvalue weighted by Gasteiger charge is 2.22. The van der Waals surface area contributed by atoms with Crippen LogP contribution < -0.4 is 0 Å². The molecule has 0 spiro atoms. The molecule has 0 aromatic heterocycles. The average molecular weight is 180 g/mol. The number of phenolic OH excluding ortho intramolecular Hbond substituents is 1. The number of hydrogen-bond acceptors (Lipinski definition) is 1. The molecule has 1 nitrogen and oxygen atoms in total. The zero-order chi connectivity index (χ0) is 9.46. The molecule has 12 heavy (non-hydrogen) atoms. The summed E-state index contributed by atoms with van der Waals surface area (Å²) in [6, 6.07) is 0. The molecule has 1 N–H and O–H groups in total. The van der Waals surface area contributed by atoms with Crippen LogP contribution >= 0.6 is 0 Å². The second kappa shape index (κ2) is 2.66. The lowest BCUT2D eigenvalue weighted by molar-refractivity contribution is 0.360. The minimum atomic E-state index is -2.00. The van der Waals surface area contributed by atoms with Gasteiger partial charge in [0, 0.05) is 5.56 Å². The van der Waals surface area contributed by atoms with Gasteiger partial charge in [-0.1, -0.05) is 0 Å². The molecule has 0 saturated carbocycles. The third kappa shape index (κ3) is 1.01. The first-order valence-corrected chi connectivity index (χ1v) is 2.98. The van der Waals surface area contributed by atoms with Crippen LogP contribution in [0.3, 0.4) is 0 Å². The minimum Gasteiger partial charge on any atom is -0.504 e. The number of rotatable bonds is 0.